The van der Waals surface area contributed by atoms with Crippen LogP contribution in [0.15, 0.2) is 54.6 Å². The molecule has 96 valence electrons. The SMILES string of the molecule is CC(C#N)C(Nc1ccccc1)c1ccc(Cl)cc1. The first-order valence-corrected chi connectivity index (χ1v) is 6.55. The number of nitrogens with one attached hydrogen (secondary N) is 1. The van der Waals surface area contributed by atoms with Crippen LogP contribution in [0, 0.1) is 17.2 Å². The molecular weight excluding hydrogens is 256 g/mol. The number of nitrogens with zero attached hydrogens (tertiary/aromatic N) is 1. The second-order valence-electron chi connectivity index (χ2n) is 4.46. The summed E-state index contributed by atoms with van der Waals surface area (Å²) in [6, 6.07) is 19.8. The summed E-state index contributed by atoms with van der Waals surface area (Å²) in [5, 5.41) is 13.3. The topological polar surface area (TPSA) is 35.8 Å². The third kappa shape index (κ3) is 3.49. The maximum absolute atomic E-state index is 9.18. The highest BCUT2D eigenvalue weighted by molar-refractivity contribution is 6.30. The van der Waals surface area contributed by atoms with Gasteiger partial charge in [0.05, 0.1) is 18.0 Å². The van der Waals surface area contributed by atoms with Gasteiger partial charge < -0.3 is 5.32 Å². The van der Waals surface area contributed by atoms with Crippen LogP contribution in [0.5, 0.6) is 0 Å². The Bertz CT molecular complexity index is 558. The van der Waals surface area contributed by atoms with Gasteiger partial charge in [-0.25, -0.2) is 0 Å². The molecule has 2 aromatic rings. The van der Waals surface area contributed by atoms with Crippen LogP contribution >= 0.6 is 11.6 Å². The molecule has 0 aliphatic heterocycles. The monoisotopic (exact) mass is 270 g/mol. The highest BCUT2D eigenvalue weighted by atomic mass is 35.5. The Morgan fingerprint density at radius 3 is 2.26 bits per heavy atom. The van der Waals surface area contributed by atoms with Gasteiger partial charge in [0.1, 0.15) is 0 Å². The zero-order chi connectivity index (χ0) is 13.7. The number of nitriles is 1. The van der Waals surface area contributed by atoms with E-state index in [9.17, 15) is 5.26 Å². The van der Waals surface area contributed by atoms with Gasteiger partial charge in [0.25, 0.3) is 0 Å². The average Bonchev–Trinajstić information content (AvgIpc) is 2.46. The van der Waals surface area contributed by atoms with E-state index in [2.05, 4.69) is 11.4 Å². The normalized spacial score (nSPS) is 13.3. The van der Waals surface area contributed by atoms with Crippen molar-refractivity contribution >= 4 is 17.3 Å². The standard InChI is InChI=1S/C16H15ClN2/c1-12(11-18)16(13-7-9-14(17)10-8-13)19-15-5-3-2-4-6-15/h2-10,12,16,19H,1H3. The molecule has 19 heavy (non-hydrogen) atoms. The average molecular weight is 271 g/mol. The van der Waals surface area contributed by atoms with Crippen LogP contribution in [0.2, 0.25) is 5.02 Å². The highest BCUT2D eigenvalue weighted by Crippen LogP contribution is 2.27. The lowest BCUT2D eigenvalue weighted by Crippen LogP contribution is -2.17. The lowest BCUT2D eigenvalue weighted by molar-refractivity contribution is 0.616. The van der Waals surface area contributed by atoms with Gasteiger partial charge in [0, 0.05) is 10.7 Å². The first kappa shape index (κ1) is 13.5. The molecule has 0 bridgehead atoms. The predicted octanol–water partition coefficient (Wildman–Crippen LogP) is 4.65. The van der Waals surface area contributed by atoms with Crippen molar-refractivity contribution in [2.45, 2.75) is 13.0 Å². The van der Waals surface area contributed by atoms with Gasteiger partial charge in [-0.1, -0.05) is 41.9 Å². The van der Waals surface area contributed by atoms with Gasteiger partial charge in [0.15, 0.2) is 0 Å². The fraction of sp³-hybridized carbons (Fsp3) is 0.188. The van der Waals surface area contributed by atoms with Crippen molar-refractivity contribution in [3.8, 4) is 6.07 Å². The van der Waals surface area contributed by atoms with Crippen LogP contribution in [0.3, 0.4) is 0 Å². The number of halogens is 1. The molecule has 0 saturated carbocycles. The number of rotatable bonds is 4. The zero-order valence-corrected chi connectivity index (χ0v) is 11.4. The first-order valence-electron chi connectivity index (χ1n) is 6.17. The molecule has 2 aromatic carbocycles. The molecule has 0 saturated heterocycles. The number of para-hydroxylation sites is 1. The van der Waals surface area contributed by atoms with Crippen molar-refractivity contribution in [3.05, 3.63) is 65.2 Å². The van der Waals surface area contributed by atoms with Crippen LogP contribution in [0.25, 0.3) is 0 Å². The minimum Gasteiger partial charge on any atom is -0.377 e. The summed E-state index contributed by atoms with van der Waals surface area (Å²) >= 11 is 5.90. The van der Waals surface area contributed by atoms with Gasteiger partial charge >= 0.3 is 0 Å². The number of hydrogen-bond acceptors (Lipinski definition) is 2. The largest absolute Gasteiger partial charge is 0.377 e. The Labute approximate surface area is 118 Å². The van der Waals surface area contributed by atoms with E-state index in [1.807, 2.05) is 61.5 Å². The van der Waals surface area contributed by atoms with Crippen LogP contribution in [0.1, 0.15) is 18.5 Å². The smallest absolute Gasteiger partial charge is 0.0678 e. The fourth-order valence-corrected chi connectivity index (χ4v) is 2.08. The van der Waals surface area contributed by atoms with E-state index >= 15 is 0 Å². The minimum absolute atomic E-state index is 0.0512. The molecule has 2 unspecified atom stereocenters. The third-order valence-electron chi connectivity index (χ3n) is 3.03. The molecule has 3 heteroatoms. The summed E-state index contributed by atoms with van der Waals surface area (Å²) in [6.45, 7) is 1.91. The summed E-state index contributed by atoms with van der Waals surface area (Å²) in [5.41, 5.74) is 2.06. The Balaban J connectivity index is 2.27. The van der Waals surface area contributed by atoms with Crippen LogP contribution in [-0.2, 0) is 0 Å². The van der Waals surface area contributed by atoms with Crippen molar-refractivity contribution in [1.82, 2.24) is 0 Å². The Kier molecular flexibility index (Phi) is 4.43. The molecule has 2 rings (SSSR count). The summed E-state index contributed by atoms with van der Waals surface area (Å²) in [7, 11) is 0. The quantitative estimate of drug-likeness (QED) is 0.877. The fourth-order valence-electron chi connectivity index (χ4n) is 1.96. The van der Waals surface area contributed by atoms with Crippen molar-refractivity contribution in [1.29, 1.82) is 5.26 Å². The molecule has 0 fully saturated rings. The van der Waals surface area contributed by atoms with E-state index in [0.717, 1.165) is 11.3 Å². The van der Waals surface area contributed by atoms with Crippen LogP contribution in [0.4, 0.5) is 5.69 Å². The lowest BCUT2D eigenvalue weighted by Gasteiger charge is -2.22. The zero-order valence-electron chi connectivity index (χ0n) is 10.7. The summed E-state index contributed by atoms with van der Waals surface area (Å²) < 4.78 is 0. The molecule has 0 aliphatic rings. The Morgan fingerprint density at radius 2 is 1.68 bits per heavy atom. The molecular formula is C16H15ClN2. The number of benzene rings is 2. The second-order valence-corrected chi connectivity index (χ2v) is 4.89. The molecule has 1 N–H and O–H groups in total. The van der Waals surface area contributed by atoms with E-state index in [0.29, 0.717) is 5.02 Å². The Hall–Kier alpha value is -1.98. The first-order chi connectivity index (χ1) is 9.20. The maximum Gasteiger partial charge on any atom is 0.0678 e. The number of anilines is 1. The van der Waals surface area contributed by atoms with Gasteiger partial charge in [0.2, 0.25) is 0 Å². The predicted molar refractivity (Wildman–Crippen MR) is 79.0 cm³/mol. The number of hydrogen-bond donors (Lipinski definition) is 1. The molecule has 0 aliphatic carbocycles. The Morgan fingerprint density at radius 1 is 1.05 bits per heavy atom. The molecule has 0 spiro atoms. The van der Waals surface area contributed by atoms with Gasteiger partial charge in [-0.3, -0.25) is 0 Å². The van der Waals surface area contributed by atoms with E-state index < -0.39 is 0 Å². The van der Waals surface area contributed by atoms with Crippen LogP contribution in [-0.4, -0.2) is 0 Å². The molecule has 0 heterocycles. The van der Waals surface area contributed by atoms with Crippen molar-refractivity contribution < 1.29 is 0 Å². The lowest BCUT2D eigenvalue weighted by atomic mass is 9.95. The molecule has 0 aromatic heterocycles. The molecule has 0 amide bonds. The summed E-state index contributed by atoms with van der Waals surface area (Å²) in [4.78, 5) is 0. The van der Waals surface area contributed by atoms with Crippen molar-refractivity contribution in [2.24, 2.45) is 5.92 Å². The van der Waals surface area contributed by atoms with E-state index in [1.165, 1.54) is 0 Å². The molecule has 0 radical (unpaired) electrons. The second kappa shape index (κ2) is 6.26. The summed E-state index contributed by atoms with van der Waals surface area (Å²) in [5.74, 6) is -0.138. The molecule has 2 nitrogen and oxygen atoms in total. The van der Waals surface area contributed by atoms with Gasteiger partial charge in [-0.15, -0.1) is 0 Å². The van der Waals surface area contributed by atoms with Crippen LogP contribution < -0.4 is 5.32 Å². The minimum atomic E-state index is -0.138. The van der Waals surface area contributed by atoms with Gasteiger partial charge in [-0.05, 0) is 36.8 Å². The van der Waals surface area contributed by atoms with Crippen molar-refractivity contribution in [2.75, 3.05) is 5.32 Å². The van der Waals surface area contributed by atoms with E-state index in [1.54, 1.807) is 0 Å². The third-order valence-corrected chi connectivity index (χ3v) is 3.28. The van der Waals surface area contributed by atoms with E-state index in [4.69, 9.17) is 11.6 Å². The molecule has 2 atom stereocenters. The summed E-state index contributed by atoms with van der Waals surface area (Å²) in [6.07, 6.45) is 0. The highest BCUT2D eigenvalue weighted by Gasteiger charge is 2.18. The van der Waals surface area contributed by atoms with Gasteiger partial charge in [-0.2, -0.15) is 5.26 Å². The van der Waals surface area contributed by atoms with E-state index in [-0.39, 0.29) is 12.0 Å². The maximum atomic E-state index is 9.18. The van der Waals surface area contributed by atoms with Crippen molar-refractivity contribution in [3.63, 3.8) is 0 Å².